The number of para-hydroxylation sites is 1. The van der Waals surface area contributed by atoms with Gasteiger partial charge in [-0.3, -0.25) is 9.97 Å². The van der Waals surface area contributed by atoms with Crippen LogP contribution in [0.25, 0.3) is 22.2 Å². The third kappa shape index (κ3) is 2.60. The van der Waals surface area contributed by atoms with Crippen LogP contribution < -0.4 is 5.32 Å². The Morgan fingerprint density at radius 1 is 1.05 bits per heavy atom. The van der Waals surface area contributed by atoms with Crippen LogP contribution in [0.4, 0.5) is 0 Å². The maximum Gasteiger partial charge on any atom is 0.0721 e. The normalized spacial score (nSPS) is 18.5. The zero-order chi connectivity index (χ0) is 14.8. The lowest BCUT2D eigenvalue weighted by molar-refractivity contribution is 0.455. The molecule has 3 aromatic rings. The van der Waals surface area contributed by atoms with Gasteiger partial charge in [0.25, 0.3) is 0 Å². The zero-order valence-corrected chi connectivity index (χ0v) is 12.5. The molecule has 1 unspecified atom stereocenters. The minimum absolute atomic E-state index is 0.530. The van der Waals surface area contributed by atoms with E-state index in [1.807, 2.05) is 24.4 Å². The van der Waals surface area contributed by atoms with Gasteiger partial charge in [-0.2, -0.15) is 0 Å². The van der Waals surface area contributed by atoms with E-state index in [2.05, 4.69) is 40.6 Å². The third-order valence-electron chi connectivity index (χ3n) is 4.37. The molecule has 3 nitrogen and oxygen atoms in total. The van der Waals surface area contributed by atoms with Gasteiger partial charge in [0.05, 0.1) is 11.2 Å². The van der Waals surface area contributed by atoms with Gasteiger partial charge in [0, 0.05) is 35.3 Å². The lowest BCUT2D eigenvalue weighted by Crippen LogP contribution is -2.28. The van der Waals surface area contributed by atoms with Crippen LogP contribution in [0, 0.1) is 0 Å². The summed E-state index contributed by atoms with van der Waals surface area (Å²) >= 11 is 0. The molecule has 3 heterocycles. The Balaban J connectivity index is 1.71. The monoisotopic (exact) mass is 289 g/mol. The molecule has 1 N–H and O–H groups in total. The van der Waals surface area contributed by atoms with Crippen LogP contribution in [0.1, 0.15) is 24.5 Å². The molecule has 1 atom stereocenters. The number of piperidine rings is 1. The summed E-state index contributed by atoms with van der Waals surface area (Å²) in [5, 5.41) is 4.62. The van der Waals surface area contributed by atoms with Crippen LogP contribution in [-0.4, -0.2) is 23.1 Å². The molecule has 22 heavy (non-hydrogen) atoms. The Kier molecular flexibility index (Phi) is 3.57. The van der Waals surface area contributed by atoms with E-state index in [4.69, 9.17) is 4.98 Å². The first kappa shape index (κ1) is 13.4. The van der Waals surface area contributed by atoms with Gasteiger partial charge in [-0.25, -0.2) is 0 Å². The van der Waals surface area contributed by atoms with Crippen molar-refractivity contribution in [2.24, 2.45) is 0 Å². The van der Waals surface area contributed by atoms with Crippen LogP contribution in [0.5, 0.6) is 0 Å². The second-order valence-electron chi connectivity index (χ2n) is 5.91. The number of nitrogens with one attached hydrogen (secondary N) is 1. The molecule has 1 aromatic carbocycles. The van der Waals surface area contributed by atoms with Gasteiger partial charge in [-0.1, -0.05) is 24.3 Å². The standard InChI is InChI=1S/C19H19N3/c1-2-7-17-14(5-1)11-16(13-21-17)19-9-3-8-18(22-19)15-6-4-10-20-12-15/h1-3,5,7-9,11,13,15,20H,4,6,10,12H2. The van der Waals surface area contributed by atoms with Crippen molar-refractivity contribution in [3.05, 3.63) is 60.4 Å². The van der Waals surface area contributed by atoms with E-state index in [0.717, 1.165) is 35.2 Å². The van der Waals surface area contributed by atoms with E-state index >= 15 is 0 Å². The molecule has 2 aromatic heterocycles. The lowest BCUT2D eigenvalue weighted by atomic mass is 9.95. The molecule has 0 spiro atoms. The predicted octanol–water partition coefficient (Wildman–Crippen LogP) is 3.76. The molecule has 3 heteroatoms. The molecule has 0 amide bonds. The summed E-state index contributed by atoms with van der Waals surface area (Å²) in [6.07, 6.45) is 4.38. The Bertz CT molecular complexity index is 791. The molecule has 0 saturated carbocycles. The Morgan fingerprint density at radius 3 is 2.91 bits per heavy atom. The number of rotatable bonds is 2. The van der Waals surface area contributed by atoms with Crippen LogP contribution in [0.3, 0.4) is 0 Å². The molecule has 0 radical (unpaired) electrons. The van der Waals surface area contributed by atoms with Crippen molar-refractivity contribution in [3.8, 4) is 11.3 Å². The maximum atomic E-state index is 4.89. The second-order valence-corrected chi connectivity index (χ2v) is 5.91. The van der Waals surface area contributed by atoms with Crippen molar-refractivity contribution in [2.75, 3.05) is 13.1 Å². The van der Waals surface area contributed by atoms with Gasteiger partial charge in [0.2, 0.25) is 0 Å². The zero-order valence-electron chi connectivity index (χ0n) is 12.5. The molecule has 1 aliphatic rings. The van der Waals surface area contributed by atoms with Gasteiger partial charge >= 0.3 is 0 Å². The summed E-state index contributed by atoms with van der Waals surface area (Å²) in [5.41, 5.74) is 4.32. The van der Waals surface area contributed by atoms with Crippen LogP contribution in [0.15, 0.2) is 54.7 Å². The number of fused-ring (bicyclic) bond motifs is 1. The van der Waals surface area contributed by atoms with Gasteiger partial charge in [-0.05, 0) is 43.7 Å². The molecule has 0 aliphatic carbocycles. The first-order valence-electron chi connectivity index (χ1n) is 7.93. The molecule has 1 saturated heterocycles. The molecular formula is C19H19N3. The first-order chi connectivity index (χ1) is 10.9. The Morgan fingerprint density at radius 2 is 2.00 bits per heavy atom. The first-order valence-corrected chi connectivity index (χ1v) is 7.93. The smallest absolute Gasteiger partial charge is 0.0721 e. The van der Waals surface area contributed by atoms with E-state index in [9.17, 15) is 0 Å². The van der Waals surface area contributed by atoms with E-state index in [0.29, 0.717) is 5.92 Å². The van der Waals surface area contributed by atoms with Crippen molar-refractivity contribution < 1.29 is 0 Å². The quantitative estimate of drug-likeness (QED) is 0.780. The van der Waals surface area contributed by atoms with Gasteiger partial charge < -0.3 is 5.32 Å². The third-order valence-corrected chi connectivity index (χ3v) is 4.37. The Labute approximate surface area is 130 Å². The van der Waals surface area contributed by atoms with Crippen molar-refractivity contribution in [1.29, 1.82) is 0 Å². The van der Waals surface area contributed by atoms with E-state index in [1.165, 1.54) is 18.5 Å². The molecule has 1 aliphatic heterocycles. The van der Waals surface area contributed by atoms with Gasteiger partial charge in [0.1, 0.15) is 0 Å². The maximum absolute atomic E-state index is 4.89. The van der Waals surface area contributed by atoms with Crippen LogP contribution in [0.2, 0.25) is 0 Å². The lowest BCUT2D eigenvalue weighted by Gasteiger charge is -2.22. The average Bonchev–Trinajstić information content (AvgIpc) is 2.62. The predicted molar refractivity (Wildman–Crippen MR) is 89.8 cm³/mol. The van der Waals surface area contributed by atoms with Gasteiger partial charge in [0.15, 0.2) is 0 Å². The molecule has 4 rings (SSSR count). The topological polar surface area (TPSA) is 37.8 Å². The number of hydrogen-bond donors (Lipinski definition) is 1. The molecule has 1 fully saturated rings. The molecule has 0 bridgehead atoms. The second kappa shape index (κ2) is 5.85. The number of benzene rings is 1. The summed E-state index contributed by atoms with van der Waals surface area (Å²) in [7, 11) is 0. The molecule has 110 valence electrons. The van der Waals surface area contributed by atoms with Crippen molar-refractivity contribution in [2.45, 2.75) is 18.8 Å². The van der Waals surface area contributed by atoms with Gasteiger partial charge in [-0.15, -0.1) is 0 Å². The highest BCUT2D eigenvalue weighted by molar-refractivity contribution is 5.82. The highest BCUT2D eigenvalue weighted by atomic mass is 14.9. The summed E-state index contributed by atoms with van der Waals surface area (Å²) in [4.78, 5) is 9.44. The van der Waals surface area contributed by atoms with Crippen LogP contribution in [-0.2, 0) is 0 Å². The Hall–Kier alpha value is -2.26. The summed E-state index contributed by atoms with van der Waals surface area (Å²) in [6, 6.07) is 16.7. The largest absolute Gasteiger partial charge is 0.316 e. The van der Waals surface area contributed by atoms with Crippen molar-refractivity contribution in [3.63, 3.8) is 0 Å². The van der Waals surface area contributed by atoms with Crippen LogP contribution >= 0.6 is 0 Å². The summed E-state index contributed by atoms with van der Waals surface area (Å²) in [6.45, 7) is 2.16. The fourth-order valence-corrected chi connectivity index (χ4v) is 3.15. The fourth-order valence-electron chi connectivity index (χ4n) is 3.15. The SMILES string of the molecule is c1cc(-c2cnc3ccccc3c2)nc(C2CCCNC2)c1. The van der Waals surface area contributed by atoms with Crippen molar-refractivity contribution in [1.82, 2.24) is 15.3 Å². The summed E-state index contributed by atoms with van der Waals surface area (Å²) < 4.78 is 0. The highest BCUT2D eigenvalue weighted by Crippen LogP contribution is 2.25. The minimum atomic E-state index is 0.530. The van der Waals surface area contributed by atoms with Crippen molar-refractivity contribution >= 4 is 10.9 Å². The van der Waals surface area contributed by atoms with E-state index < -0.39 is 0 Å². The minimum Gasteiger partial charge on any atom is -0.316 e. The van der Waals surface area contributed by atoms with E-state index in [-0.39, 0.29) is 0 Å². The number of hydrogen-bond acceptors (Lipinski definition) is 3. The average molecular weight is 289 g/mol. The summed E-state index contributed by atoms with van der Waals surface area (Å²) in [5.74, 6) is 0.530. The fraction of sp³-hybridized carbons (Fsp3) is 0.263. The number of pyridine rings is 2. The highest BCUT2D eigenvalue weighted by Gasteiger charge is 2.16. The number of aromatic nitrogens is 2. The number of nitrogens with zero attached hydrogens (tertiary/aromatic N) is 2. The van der Waals surface area contributed by atoms with E-state index in [1.54, 1.807) is 0 Å². The molecular weight excluding hydrogens is 270 g/mol.